The molecule has 0 heterocycles. The van der Waals surface area contributed by atoms with Gasteiger partial charge in [0.2, 0.25) is 0 Å². The topological polar surface area (TPSA) is 26.0 Å². The van der Waals surface area contributed by atoms with Crippen LogP contribution in [0.4, 0.5) is 0 Å². The molecule has 1 aromatic rings. The lowest BCUT2D eigenvalue weighted by atomic mass is 9.93. The number of nitrogens with two attached hydrogens (primary N) is 1. The summed E-state index contributed by atoms with van der Waals surface area (Å²) in [5, 5.41) is 0. The van der Waals surface area contributed by atoms with Gasteiger partial charge in [-0.05, 0) is 24.8 Å². The Balaban J connectivity index is 2.26. The summed E-state index contributed by atoms with van der Waals surface area (Å²) in [5.41, 5.74) is 8.69. The fourth-order valence-corrected chi connectivity index (χ4v) is 2.59. The Morgan fingerprint density at radius 2 is 2.07 bits per heavy atom. The van der Waals surface area contributed by atoms with E-state index in [1.165, 1.54) is 11.1 Å². The second kappa shape index (κ2) is 3.56. The highest BCUT2D eigenvalue weighted by Gasteiger charge is 2.53. The summed E-state index contributed by atoms with van der Waals surface area (Å²) >= 11 is 5.89. The van der Waals surface area contributed by atoms with Crippen LogP contribution in [0.1, 0.15) is 17.5 Å². The number of hydrogen-bond acceptors (Lipinski definition) is 1. The van der Waals surface area contributed by atoms with E-state index < -0.39 is 0 Å². The van der Waals surface area contributed by atoms with Gasteiger partial charge in [0.1, 0.15) is 0 Å². The highest BCUT2D eigenvalue weighted by molar-refractivity contribution is 6.18. The van der Waals surface area contributed by atoms with Crippen LogP contribution in [0.3, 0.4) is 0 Å². The predicted molar refractivity (Wildman–Crippen MR) is 60.7 cm³/mol. The van der Waals surface area contributed by atoms with Crippen molar-refractivity contribution in [2.24, 2.45) is 11.7 Å². The first kappa shape index (κ1) is 10.0. The molecule has 0 spiro atoms. The fourth-order valence-electron chi connectivity index (χ4n) is 2.19. The molecule has 2 heteroatoms. The molecule has 0 bridgehead atoms. The van der Waals surface area contributed by atoms with E-state index in [2.05, 4.69) is 31.2 Å². The normalized spacial score (nSPS) is 30.4. The molecule has 2 atom stereocenters. The van der Waals surface area contributed by atoms with Gasteiger partial charge in [-0.2, -0.15) is 0 Å². The molecular formula is C12H16ClN. The van der Waals surface area contributed by atoms with Crippen LogP contribution < -0.4 is 5.73 Å². The van der Waals surface area contributed by atoms with E-state index in [-0.39, 0.29) is 5.41 Å². The first-order chi connectivity index (χ1) is 6.73. The number of alkyl halides is 1. The van der Waals surface area contributed by atoms with E-state index in [9.17, 15) is 0 Å². The maximum atomic E-state index is 5.89. The fraction of sp³-hybridized carbons (Fsp3) is 0.500. The Morgan fingerprint density at radius 3 is 2.50 bits per heavy atom. The summed E-state index contributed by atoms with van der Waals surface area (Å²) in [7, 11) is 0. The van der Waals surface area contributed by atoms with E-state index >= 15 is 0 Å². The average Bonchev–Trinajstić information content (AvgIpc) is 2.94. The Bertz CT molecular complexity index is 320. The molecular weight excluding hydrogens is 194 g/mol. The average molecular weight is 210 g/mol. The molecule has 1 saturated carbocycles. The van der Waals surface area contributed by atoms with Gasteiger partial charge in [0.25, 0.3) is 0 Å². The van der Waals surface area contributed by atoms with Crippen molar-refractivity contribution in [1.82, 2.24) is 0 Å². The third kappa shape index (κ3) is 1.45. The van der Waals surface area contributed by atoms with Crippen LogP contribution in [0.15, 0.2) is 24.3 Å². The van der Waals surface area contributed by atoms with Crippen LogP contribution in [0, 0.1) is 12.8 Å². The molecule has 1 aliphatic rings. The molecule has 2 rings (SSSR count). The van der Waals surface area contributed by atoms with Gasteiger partial charge in [-0.15, -0.1) is 11.6 Å². The maximum Gasteiger partial charge on any atom is 0.0261 e. The van der Waals surface area contributed by atoms with E-state index in [0.717, 1.165) is 12.3 Å². The molecule has 0 amide bonds. The monoisotopic (exact) mass is 209 g/mol. The standard InChI is InChI=1S/C12H16ClN/c1-9-2-4-10(5-3-9)12(8-14)6-11(12)7-13/h2-5,11H,6-8,14H2,1H3. The van der Waals surface area contributed by atoms with Crippen LogP contribution in [0.5, 0.6) is 0 Å². The third-order valence-corrected chi connectivity index (χ3v) is 3.78. The summed E-state index contributed by atoms with van der Waals surface area (Å²) in [5.74, 6) is 1.31. The zero-order chi connectivity index (χ0) is 10.2. The Hall–Kier alpha value is -0.530. The second-order valence-electron chi connectivity index (χ2n) is 4.28. The van der Waals surface area contributed by atoms with Crippen LogP contribution in [0.25, 0.3) is 0 Å². The summed E-state index contributed by atoms with van der Waals surface area (Å²) in [6.07, 6.45) is 1.15. The van der Waals surface area contributed by atoms with Gasteiger partial charge in [0, 0.05) is 17.8 Å². The Labute approximate surface area is 90.3 Å². The van der Waals surface area contributed by atoms with Gasteiger partial charge in [-0.25, -0.2) is 0 Å². The van der Waals surface area contributed by atoms with E-state index in [0.29, 0.717) is 12.5 Å². The molecule has 14 heavy (non-hydrogen) atoms. The minimum atomic E-state index is 0.190. The Morgan fingerprint density at radius 1 is 1.43 bits per heavy atom. The van der Waals surface area contributed by atoms with Crippen molar-refractivity contribution < 1.29 is 0 Å². The number of halogens is 1. The van der Waals surface area contributed by atoms with Gasteiger partial charge < -0.3 is 5.73 Å². The summed E-state index contributed by atoms with van der Waals surface area (Å²) in [4.78, 5) is 0. The number of aryl methyl sites for hydroxylation is 1. The molecule has 1 aliphatic carbocycles. The molecule has 0 saturated heterocycles. The van der Waals surface area contributed by atoms with Crippen molar-refractivity contribution in [3.8, 4) is 0 Å². The first-order valence-corrected chi connectivity index (χ1v) is 5.59. The lowest BCUT2D eigenvalue weighted by Crippen LogP contribution is -2.22. The molecule has 1 aromatic carbocycles. The van der Waals surface area contributed by atoms with Crippen molar-refractivity contribution >= 4 is 11.6 Å². The number of rotatable bonds is 3. The van der Waals surface area contributed by atoms with Gasteiger partial charge in [-0.1, -0.05) is 29.8 Å². The summed E-state index contributed by atoms with van der Waals surface area (Å²) < 4.78 is 0. The van der Waals surface area contributed by atoms with Gasteiger partial charge in [0.05, 0.1) is 0 Å². The molecule has 0 aromatic heterocycles. The lowest BCUT2D eigenvalue weighted by molar-refractivity contribution is 0.644. The molecule has 1 nitrogen and oxygen atoms in total. The van der Waals surface area contributed by atoms with Crippen LogP contribution >= 0.6 is 11.6 Å². The first-order valence-electron chi connectivity index (χ1n) is 5.06. The van der Waals surface area contributed by atoms with Gasteiger partial charge in [0.15, 0.2) is 0 Å². The highest BCUT2D eigenvalue weighted by atomic mass is 35.5. The summed E-state index contributed by atoms with van der Waals surface area (Å²) in [6, 6.07) is 8.68. The van der Waals surface area contributed by atoms with E-state index in [1.54, 1.807) is 0 Å². The molecule has 2 N–H and O–H groups in total. The SMILES string of the molecule is Cc1ccc(C2(CN)CC2CCl)cc1. The Kier molecular flexibility index (Phi) is 2.54. The van der Waals surface area contributed by atoms with E-state index in [4.69, 9.17) is 17.3 Å². The van der Waals surface area contributed by atoms with Crippen LogP contribution in [0.2, 0.25) is 0 Å². The zero-order valence-corrected chi connectivity index (χ0v) is 9.22. The van der Waals surface area contributed by atoms with Gasteiger partial charge in [-0.3, -0.25) is 0 Å². The quantitative estimate of drug-likeness (QED) is 0.761. The lowest BCUT2D eigenvalue weighted by Gasteiger charge is -2.15. The van der Waals surface area contributed by atoms with Gasteiger partial charge >= 0.3 is 0 Å². The molecule has 1 fully saturated rings. The van der Waals surface area contributed by atoms with Crippen molar-refractivity contribution in [3.05, 3.63) is 35.4 Å². The van der Waals surface area contributed by atoms with Crippen molar-refractivity contribution in [2.75, 3.05) is 12.4 Å². The van der Waals surface area contributed by atoms with Crippen molar-refractivity contribution in [3.63, 3.8) is 0 Å². The summed E-state index contributed by atoms with van der Waals surface area (Å²) in [6.45, 7) is 2.82. The predicted octanol–water partition coefficient (Wildman–Crippen LogP) is 2.45. The largest absolute Gasteiger partial charge is 0.330 e. The molecule has 76 valence electrons. The second-order valence-corrected chi connectivity index (χ2v) is 4.59. The van der Waals surface area contributed by atoms with Crippen molar-refractivity contribution in [2.45, 2.75) is 18.8 Å². The maximum absolute atomic E-state index is 5.89. The molecule has 0 aliphatic heterocycles. The molecule has 2 unspecified atom stereocenters. The van der Waals surface area contributed by atoms with Crippen LogP contribution in [-0.4, -0.2) is 12.4 Å². The molecule has 0 radical (unpaired) electrons. The number of benzene rings is 1. The smallest absolute Gasteiger partial charge is 0.0261 e. The highest BCUT2D eigenvalue weighted by Crippen LogP contribution is 2.53. The van der Waals surface area contributed by atoms with E-state index in [1.807, 2.05) is 0 Å². The van der Waals surface area contributed by atoms with Crippen molar-refractivity contribution in [1.29, 1.82) is 0 Å². The minimum Gasteiger partial charge on any atom is -0.330 e. The zero-order valence-electron chi connectivity index (χ0n) is 8.46. The third-order valence-electron chi connectivity index (χ3n) is 3.41. The van der Waals surface area contributed by atoms with Crippen LogP contribution in [-0.2, 0) is 5.41 Å². The number of hydrogen-bond donors (Lipinski definition) is 1. The minimum absolute atomic E-state index is 0.190.